The fraction of sp³-hybridized carbons (Fsp3) is 0. The lowest BCUT2D eigenvalue weighted by molar-refractivity contribution is 0.102. The molecule has 0 fully saturated rings. The van der Waals surface area contributed by atoms with Gasteiger partial charge in [0.2, 0.25) is 10.0 Å². The maximum Gasteiger partial charge on any atom is 0.259 e. The SMILES string of the molecule is NS(=O)(=O)c1ccccc1NC(=O)c1cc(Cl)nnc1Cl. The van der Waals surface area contributed by atoms with Crippen LogP contribution in [0, 0.1) is 0 Å². The number of nitrogens with zero attached hydrogens (tertiary/aromatic N) is 2. The Morgan fingerprint density at radius 2 is 1.86 bits per heavy atom. The molecule has 0 spiro atoms. The van der Waals surface area contributed by atoms with E-state index in [9.17, 15) is 13.2 Å². The molecule has 0 saturated heterocycles. The van der Waals surface area contributed by atoms with E-state index in [0.29, 0.717) is 0 Å². The number of sulfonamides is 1. The van der Waals surface area contributed by atoms with Crippen LogP contribution in [0.25, 0.3) is 0 Å². The molecule has 2 rings (SSSR count). The topological polar surface area (TPSA) is 115 Å². The van der Waals surface area contributed by atoms with E-state index in [4.69, 9.17) is 28.3 Å². The molecule has 21 heavy (non-hydrogen) atoms. The first-order valence-corrected chi connectivity index (χ1v) is 7.71. The van der Waals surface area contributed by atoms with Crippen molar-refractivity contribution >= 4 is 44.8 Å². The number of para-hydroxylation sites is 1. The number of nitrogens with two attached hydrogens (primary N) is 1. The third-order valence-corrected chi connectivity index (χ3v) is 3.84. The Morgan fingerprint density at radius 1 is 1.19 bits per heavy atom. The molecule has 1 amide bonds. The summed E-state index contributed by atoms with van der Waals surface area (Å²) < 4.78 is 22.9. The predicted octanol–water partition coefficient (Wildman–Crippen LogP) is 1.68. The van der Waals surface area contributed by atoms with Gasteiger partial charge < -0.3 is 5.32 Å². The van der Waals surface area contributed by atoms with E-state index >= 15 is 0 Å². The van der Waals surface area contributed by atoms with Gasteiger partial charge in [-0.3, -0.25) is 4.79 Å². The average Bonchev–Trinajstić information content (AvgIpc) is 2.41. The highest BCUT2D eigenvalue weighted by Gasteiger charge is 2.18. The summed E-state index contributed by atoms with van der Waals surface area (Å²) in [6, 6.07) is 6.90. The molecule has 10 heteroatoms. The van der Waals surface area contributed by atoms with Gasteiger partial charge in [0.25, 0.3) is 5.91 Å². The van der Waals surface area contributed by atoms with Crippen molar-refractivity contribution in [2.24, 2.45) is 5.14 Å². The molecule has 0 radical (unpaired) electrons. The first kappa shape index (κ1) is 15.6. The summed E-state index contributed by atoms with van der Waals surface area (Å²) >= 11 is 11.4. The second kappa shape index (κ2) is 5.94. The minimum absolute atomic E-state index is 0.0222. The molecule has 3 N–H and O–H groups in total. The summed E-state index contributed by atoms with van der Waals surface area (Å²) in [5.74, 6) is -0.687. The van der Waals surface area contributed by atoms with Crippen LogP contribution in [0.3, 0.4) is 0 Å². The lowest BCUT2D eigenvalue weighted by Crippen LogP contribution is -2.19. The fourth-order valence-electron chi connectivity index (χ4n) is 1.52. The monoisotopic (exact) mass is 346 g/mol. The van der Waals surface area contributed by atoms with Gasteiger partial charge in [0.05, 0.1) is 11.3 Å². The number of halogens is 2. The molecule has 0 saturated carbocycles. The molecule has 1 heterocycles. The van der Waals surface area contributed by atoms with Crippen LogP contribution >= 0.6 is 23.2 Å². The molecule has 7 nitrogen and oxygen atoms in total. The van der Waals surface area contributed by atoms with Gasteiger partial charge in [-0.2, -0.15) is 0 Å². The molecule has 0 atom stereocenters. The van der Waals surface area contributed by atoms with Crippen LogP contribution in [-0.4, -0.2) is 24.5 Å². The third kappa shape index (κ3) is 3.67. The van der Waals surface area contributed by atoms with Gasteiger partial charge in [-0.1, -0.05) is 35.3 Å². The first-order valence-electron chi connectivity index (χ1n) is 5.41. The average molecular weight is 347 g/mol. The van der Waals surface area contributed by atoms with E-state index in [1.54, 1.807) is 6.07 Å². The number of amides is 1. The maximum absolute atomic E-state index is 12.1. The van der Waals surface area contributed by atoms with Gasteiger partial charge in [-0.05, 0) is 18.2 Å². The minimum atomic E-state index is -3.98. The molecule has 0 aliphatic heterocycles. The van der Waals surface area contributed by atoms with Crippen molar-refractivity contribution < 1.29 is 13.2 Å². The number of hydrogen-bond acceptors (Lipinski definition) is 5. The molecule has 0 unspecified atom stereocenters. The fourth-order valence-corrected chi connectivity index (χ4v) is 2.54. The van der Waals surface area contributed by atoms with Crippen molar-refractivity contribution in [1.29, 1.82) is 0 Å². The Morgan fingerprint density at radius 3 is 2.52 bits per heavy atom. The number of carbonyl (C=O) groups is 1. The van der Waals surface area contributed by atoms with E-state index in [1.807, 2.05) is 0 Å². The molecule has 1 aromatic heterocycles. The normalized spacial score (nSPS) is 11.2. The van der Waals surface area contributed by atoms with E-state index < -0.39 is 15.9 Å². The van der Waals surface area contributed by atoms with Gasteiger partial charge in [-0.15, -0.1) is 10.2 Å². The largest absolute Gasteiger partial charge is 0.321 e. The first-order chi connectivity index (χ1) is 9.79. The minimum Gasteiger partial charge on any atom is -0.321 e. The van der Waals surface area contributed by atoms with Gasteiger partial charge in [-0.25, -0.2) is 13.6 Å². The molecule has 2 aromatic rings. The number of primary sulfonamides is 1. The zero-order chi connectivity index (χ0) is 15.6. The van der Waals surface area contributed by atoms with Crippen LogP contribution in [0.1, 0.15) is 10.4 Å². The number of benzene rings is 1. The van der Waals surface area contributed by atoms with Crippen molar-refractivity contribution in [3.8, 4) is 0 Å². The molecule has 1 aromatic carbocycles. The molecule has 0 bridgehead atoms. The van der Waals surface area contributed by atoms with Crippen LogP contribution in [0.15, 0.2) is 35.2 Å². The van der Waals surface area contributed by atoms with Crippen LogP contribution in [0.5, 0.6) is 0 Å². The van der Waals surface area contributed by atoms with Crippen molar-refractivity contribution in [2.75, 3.05) is 5.32 Å². The smallest absolute Gasteiger partial charge is 0.259 e. The summed E-state index contributed by atoms with van der Waals surface area (Å²) in [6.07, 6.45) is 0. The Kier molecular flexibility index (Phi) is 4.43. The zero-order valence-electron chi connectivity index (χ0n) is 10.2. The van der Waals surface area contributed by atoms with E-state index in [1.165, 1.54) is 24.3 Å². The molecular formula is C11H8Cl2N4O3S. The second-order valence-corrected chi connectivity index (χ2v) is 6.14. The summed E-state index contributed by atoms with van der Waals surface area (Å²) in [7, 11) is -3.98. The second-order valence-electron chi connectivity index (χ2n) is 3.87. The van der Waals surface area contributed by atoms with Gasteiger partial charge in [0.15, 0.2) is 10.3 Å². The van der Waals surface area contributed by atoms with E-state index in [0.717, 1.165) is 0 Å². The lowest BCUT2D eigenvalue weighted by Gasteiger charge is -2.09. The number of rotatable bonds is 3. The van der Waals surface area contributed by atoms with Crippen molar-refractivity contribution in [3.05, 3.63) is 46.2 Å². The highest BCUT2D eigenvalue weighted by molar-refractivity contribution is 7.89. The third-order valence-electron chi connectivity index (χ3n) is 2.41. The molecular weight excluding hydrogens is 339 g/mol. The standard InChI is InChI=1S/C11H8Cl2N4O3S/c12-9-5-6(10(13)17-16-9)11(18)15-7-3-1-2-4-8(7)21(14,19)20/h1-5H,(H,15,18)(H2,14,19,20). The highest BCUT2D eigenvalue weighted by atomic mass is 35.5. The van der Waals surface area contributed by atoms with Crippen LogP contribution < -0.4 is 10.5 Å². The summed E-state index contributed by atoms with van der Waals surface area (Å²) in [5, 5.41) is 14.2. The summed E-state index contributed by atoms with van der Waals surface area (Å²) in [5.41, 5.74) is -0.0186. The Hall–Kier alpha value is -1.74. The van der Waals surface area contributed by atoms with Crippen molar-refractivity contribution in [3.63, 3.8) is 0 Å². The number of anilines is 1. The van der Waals surface area contributed by atoms with Crippen molar-refractivity contribution in [2.45, 2.75) is 4.90 Å². The van der Waals surface area contributed by atoms with Crippen molar-refractivity contribution in [1.82, 2.24) is 10.2 Å². The van der Waals surface area contributed by atoms with E-state index in [2.05, 4.69) is 15.5 Å². The Labute approximate surface area is 130 Å². The predicted molar refractivity (Wildman–Crippen MR) is 77.8 cm³/mol. The van der Waals surface area contributed by atoms with Gasteiger partial charge in [0.1, 0.15) is 4.90 Å². The molecule has 110 valence electrons. The van der Waals surface area contributed by atoms with Crippen LogP contribution in [0.4, 0.5) is 5.69 Å². The van der Waals surface area contributed by atoms with Crippen LogP contribution in [0.2, 0.25) is 10.3 Å². The molecule has 0 aliphatic rings. The molecule has 0 aliphatic carbocycles. The zero-order valence-corrected chi connectivity index (χ0v) is 12.6. The summed E-state index contributed by atoms with van der Waals surface area (Å²) in [4.78, 5) is 11.9. The Balaban J connectivity index is 2.39. The Bertz CT molecular complexity index is 811. The van der Waals surface area contributed by atoms with Gasteiger partial charge in [0, 0.05) is 0 Å². The number of hydrogen-bond donors (Lipinski definition) is 2. The number of nitrogens with one attached hydrogen (secondary N) is 1. The summed E-state index contributed by atoms with van der Waals surface area (Å²) in [6.45, 7) is 0. The van der Waals surface area contributed by atoms with Crippen LogP contribution in [-0.2, 0) is 10.0 Å². The number of aromatic nitrogens is 2. The lowest BCUT2D eigenvalue weighted by atomic mass is 10.2. The van der Waals surface area contributed by atoms with E-state index in [-0.39, 0.29) is 26.5 Å². The highest BCUT2D eigenvalue weighted by Crippen LogP contribution is 2.22. The quantitative estimate of drug-likeness (QED) is 0.877. The van der Waals surface area contributed by atoms with Gasteiger partial charge >= 0.3 is 0 Å². The maximum atomic E-state index is 12.1. The number of carbonyl (C=O) groups excluding carboxylic acids is 1.